The van der Waals surface area contributed by atoms with Crippen molar-refractivity contribution in [1.29, 1.82) is 0 Å². The number of aromatic nitrogens is 1. The number of pyridine rings is 1. The third-order valence-electron chi connectivity index (χ3n) is 1.96. The van der Waals surface area contributed by atoms with Gasteiger partial charge in [0.25, 0.3) is 5.91 Å². The number of hydrazone groups is 1. The smallest absolute Gasteiger partial charge is 0.267 e. The van der Waals surface area contributed by atoms with Crippen LogP contribution in [0.25, 0.3) is 0 Å². The van der Waals surface area contributed by atoms with Crippen LogP contribution in [0.2, 0.25) is 9.49 Å². The van der Waals surface area contributed by atoms with Gasteiger partial charge in [-0.05, 0) is 24.3 Å². The summed E-state index contributed by atoms with van der Waals surface area (Å²) < 4.78 is 0.665. The molecule has 92 valence electrons. The molecule has 0 bridgehead atoms. The van der Waals surface area contributed by atoms with Crippen molar-refractivity contribution < 1.29 is 4.79 Å². The maximum absolute atomic E-state index is 11.7. The Morgan fingerprint density at radius 1 is 1.39 bits per heavy atom. The van der Waals surface area contributed by atoms with Crippen molar-refractivity contribution >= 4 is 46.7 Å². The van der Waals surface area contributed by atoms with E-state index in [9.17, 15) is 4.79 Å². The number of nitrogens with one attached hydrogen (secondary N) is 1. The first kappa shape index (κ1) is 13.0. The average Bonchev–Trinajstić information content (AvgIpc) is 2.75. The maximum Gasteiger partial charge on any atom is 0.274 e. The number of carbonyl (C=O) groups is 1. The van der Waals surface area contributed by atoms with Crippen LogP contribution < -0.4 is 5.43 Å². The summed E-state index contributed by atoms with van der Waals surface area (Å²) >= 11 is 12.9. The number of amides is 1. The molecule has 4 nitrogen and oxygen atoms in total. The molecule has 0 unspecified atom stereocenters. The van der Waals surface area contributed by atoms with Gasteiger partial charge in [0.15, 0.2) is 0 Å². The van der Waals surface area contributed by atoms with Crippen molar-refractivity contribution in [3.8, 4) is 0 Å². The Labute approximate surface area is 117 Å². The summed E-state index contributed by atoms with van der Waals surface area (Å²) in [5.41, 5.74) is 2.65. The Bertz CT molecular complexity index is 597. The molecule has 0 radical (unpaired) electrons. The minimum absolute atomic E-state index is 0.143. The zero-order valence-corrected chi connectivity index (χ0v) is 11.3. The molecule has 0 aliphatic heterocycles. The van der Waals surface area contributed by atoms with Gasteiger partial charge in [0, 0.05) is 11.1 Å². The predicted octanol–water partition coefficient (Wildman–Crippen LogP) is 3.21. The van der Waals surface area contributed by atoms with E-state index in [1.165, 1.54) is 23.7 Å². The SMILES string of the molecule is O=C(NN=Cc1ccc(Cl)s1)c1cccnc1Cl. The number of nitrogens with zero attached hydrogens (tertiary/aromatic N) is 2. The number of halogens is 2. The van der Waals surface area contributed by atoms with Gasteiger partial charge in [0.2, 0.25) is 0 Å². The van der Waals surface area contributed by atoms with E-state index < -0.39 is 5.91 Å². The normalized spacial score (nSPS) is 10.8. The Hall–Kier alpha value is -1.43. The van der Waals surface area contributed by atoms with Crippen LogP contribution in [0.1, 0.15) is 15.2 Å². The molecular weight excluding hydrogens is 293 g/mol. The van der Waals surface area contributed by atoms with E-state index in [2.05, 4.69) is 15.5 Å². The third-order valence-corrected chi connectivity index (χ3v) is 3.42. The second-order valence-electron chi connectivity index (χ2n) is 3.18. The van der Waals surface area contributed by atoms with Crippen molar-refractivity contribution in [3.05, 3.63) is 50.4 Å². The van der Waals surface area contributed by atoms with Crippen LogP contribution in [0.5, 0.6) is 0 Å². The summed E-state index contributed by atoms with van der Waals surface area (Å²) in [5.74, 6) is -0.410. The standard InChI is InChI=1S/C11H7Cl2N3OS/c12-9-4-3-7(18-9)6-15-16-11(17)8-2-1-5-14-10(8)13/h1-6H,(H,16,17). The van der Waals surface area contributed by atoms with E-state index in [0.29, 0.717) is 4.34 Å². The van der Waals surface area contributed by atoms with Gasteiger partial charge in [-0.1, -0.05) is 23.2 Å². The minimum atomic E-state index is -0.410. The van der Waals surface area contributed by atoms with Crippen LogP contribution in [0.3, 0.4) is 0 Å². The van der Waals surface area contributed by atoms with E-state index in [-0.39, 0.29) is 10.7 Å². The second-order valence-corrected chi connectivity index (χ2v) is 5.29. The van der Waals surface area contributed by atoms with Crippen LogP contribution in [0.15, 0.2) is 35.6 Å². The predicted molar refractivity (Wildman–Crippen MR) is 73.6 cm³/mol. The summed E-state index contributed by atoms with van der Waals surface area (Å²) in [5, 5.41) is 3.96. The molecule has 2 aromatic rings. The Balaban J connectivity index is 2.01. The number of thiophene rings is 1. The molecule has 0 aliphatic carbocycles. The summed E-state index contributed by atoms with van der Waals surface area (Å²) in [6.07, 6.45) is 3.02. The molecule has 7 heteroatoms. The largest absolute Gasteiger partial charge is 0.274 e. The summed E-state index contributed by atoms with van der Waals surface area (Å²) in [6, 6.07) is 6.76. The first-order valence-corrected chi connectivity index (χ1v) is 6.43. The zero-order valence-electron chi connectivity index (χ0n) is 8.93. The Morgan fingerprint density at radius 3 is 2.89 bits per heavy atom. The van der Waals surface area contributed by atoms with Gasteiger partial charge >= 0.3 is 0 Å². The molecule has 0 saturated carbocycles. The summed E-state index contributed by atoms with van der Waals surface area (Å²) in [6.45, 7) is 0. The lowest BCUT2D eigenvalue weighted by Gasteiger charge is -2.00. The van der Waals surface area contributed by atoms with Gasteiger partial charge < -0.3 is 0 Å². The van der Waals surface area contributed by atoms with Crippen LogP contribution in [0.4, 0.5) is 0 Å². The fourth-order valence-electron chi connectivity index (χ4n) is 1.17. The minimum Gasteiger partial charge on any atom is -0.267 e. The van der Waals surface area contributed by atoms with Gasteiger partial charge in [0.05, 0.1) is 16.1 Å². The number of rotatable bonds is 3. The molecule has 2 heterocycles. The topological polar surface area (TPSA) is 54.4 Å². The summed E-state index contributed by atoms with van der Waals surface area (Å²) in [7, 11) is 0. The fourth-order valence-corrected chi connectivity index (χ4v) is 2.31. The monoisotopic (exact) mass is 299 g/mol. The van der Waals surface area contributed by atoms with Crippen LogP contribution in [-0.2, 0) is 0 Å². The van der Waals surface area contributed by atoms with Gasteiger partial charge in [-0.25, -0.2) is 10.4 Å². The molecule has 0 spiro atoms. The van der Waals surface area contributed by atoms with Crippen molar-refractivity contribution in [2.24, 2.45) is 5.10 Å². The van der Waals surface area contributed by atoms with Gasteiger partial charge in [-0.15, -0.1) is 11.3 Å². The molecule has 0 atom stereocenters. The van der Waals surface area contributed by atoms with Crippen LogP contribution in [-0.4, -0.2) is 17.1 Å². The van der Waals surface area contributed by atoms with Gasteiger partial charge in [-0.3, -0.25) is 4.79 Å². The van der Waals surface area contributed by atoms with E-state index in [1.807, 2.05) is 0 Å². The van der Waals surface area contributed by atoms with E-state index >= 15 is 0 Å². The zero-order chi connectivity index (χ0) is 13.0. The van der Waals surface area contributed by atoms with Crippen LogP contribution in [0, 0.1) is 0 Å². The highest BCUT2D eigenvalue weighted by Gasteiger charge is 2.08. The second kappa shape index (κ2) is 5.95. The lowest BCUT2D eigenvalue weighted by atomic mass is 10.3. The van der Waals surface area contributed by atoms with Crippen molar-refractivity contribution in [2.75, 3.05) is 0 Å². The molecule has 0 aliphatic rings. The van der Waals surface area contributed by atoms with Crippen molar-refractivity contribution in [1.82, 2.24) is 10.4 Å². The van der Waals surface area contributed by atoms with Crippen LogP contribution >= 0.6 is 34.5 Å². The highest BCUT2D eigenvalue weighted by molar-refractivity contribution is 7.17. The third kappa shape index (κ3) is 3.29. The molecule has 0 fully saturated rings. The molecule has 2 rings (SSSR count). The Morgan fingerprint density at radius 2 is 2.22 bits per heavy atom. The summed E-state index contributed by atoms with van der Waals surface area (Å²) in [4.78, 5) is 16.3. The highest BCUT2D eigenvalue weighted by atomic mass is 35.5. The maximum atomic E-state index is 11.7. The quantitative estimate of drug-likeness (QED) is 0.537. The van der Waals surface area contributed by atoms with E-state index in [4.69, 9.17) is 23.2 Å². The molecule has 1 N–H and O–H groups in total. The highest BCUT2D eigenvalue weighted by Crippen LogP contribution is 2.19. The van der Waals surface area contributed by atoms with Crippen molar-refractivity contribution in [2.45, 2.75) is 0 Å². The molecule has 2 aromatic heterocycles. The molecule has 0 aromatic carbocycles. The number of carbonyl (C=O) groups excluding carboxylic acids is 1. The van der Waals surface area contributed by atoms with Gasteiger partial charge in [0.1, 0.15) is 5.15 Å². The van der Waals surface area contributed by atoms with Crippen molar-refractivity contribution in [3.63, 3.8) is 0 Å². The molecule has 1 amide bonds. The lowest BCUT2D eigenvalue weighted by molar-refractivity contribution is 0.0955. The Kier molecular flexibility index (Phi) is 4.30. The molecule has 0 saturated heterocycles. The lowest BCUT2D eigenvalue weighted by Crippen LogP contribution is -2.18. The number of hydrogen-bond acceptors (Lipinski definition) is 4. The average molecular weight is 300 g/mol. The van der Waals surface area contributed by atoms with Gasteiger partial charge in [-0.2, -0.15) is 5.10 Å². The molecule has 18 heavy (non-hydrogen) atoms. The first-order chi connectivity index (χ1) is 8.66. The first-order valence-electron chi connectivity index (χ1n) is 4.86. The fraction of sp³-hybridized carbons (Fsp3) is 0. The van der Waals surface area contributed by atoms with E-state index in [1.54, 1.807) is 24.3 Å². The van der Waals surface area contributed by atoms with E-state index in [0.717, 1.165) is 4.88 Å². The molecular formula is C11H7Cl2N3OS. The number of hydrogen-bond donors (Lipinski definition) is 1.